The molecule has 1 saturated heterocycles. The monoisotopic (exact) mass is 270 g/mol. The lowest BCUT2D eigenvalue weighted by Gasteiger charge is -2.10. The van der Waals surface area contributed by atoms with E-state index >= 15 is 0 Å². The summed E-state index contributed by atoms with van der Waals surface area (Å²) in [5.41, 5.74) is 0. The maximum Gasteiger partial charge on any atom is 0.349 e. The smallest absolute Gasteiger partial charge is 0.349 e. The van der Waals surface area contributed by atoms with E-state index in [9.17, 15) is 4.79 Å². The number of hydrogen-bond donors (Lipinski definition) is 1. The molecule has 0 saturated carbocycles. The van der Waals surface area contributed by atoms with Gasteiger partial charge in [-0.15, -0.1) is 11.3 Å². The van der Waals surface area contributed by atoms with Gasteiger partial charge < -0.3 is 14.6 Å². The van der Waals surface area contributed by atoms with Gasteiger partial charge in [0.25, 0.3) is 0 Å². The van der Waals surface area contributed by atoms with Crippen LogP contribution in [-0.4, -0.2) is 30.4 Å². The minimum atomic E-state index is -0.912. The van der Waals surface area contributed by atoms with Gasteiger partial charge in [0.15, 0.2) is 4.88 Å². The van der Waals surface area contributed by atoms with E-state index in [1.807, 2.05) is 6.07 Å². The highest BCUT2D eigenvalue weighted by Crippen LogP contribution is 2.31. The largest absolute Gasteiger partial charge is 0.489 e. The summed E-state index contributed by atoms with van der Waals surface area (Å²) in [7, 11) is 0. The second kappa shape index (κ2) is 6.20. The standard InChI is InChI=1S/C13H18O4S/c1-2-4-10-7-11(12(18-10)13(14)15)17-8-9-5-3-6-16-9/h7,9H,2-6,8H2,1H3,(H,14,15). The van der Waals surface area contributed by atoms with Crippen LogP contribution < -0.4 is 4.74 Å². The van der Waals surface area contributed by atoms with Crippen LogP contribution in [0.2, 0.25) is 0 Å². The zero-order chi connectivity index (χ0) is 13.0. The topological polar surface area (TPSA) is 55.8 Å². The van der Waals surface area contributed by atoms with Crippen LogP contribution in [0.4, 0.5) is 0 Å². The molecule has 0 spiro atoms. The molecule has 1 unspecified atom stereocenters. The number of thiophene rings is 1. The first-order valence-electron chi connectivity index (χ1n) is 6.31. The third-order valence-corrected chi connectivity index (χ3v) is 4.05. The van der Waals surface area contributed by atoms with Crippen molar-refractivity contribution < 1.29 is 19.4 Å². The Bertz CT molecular complexity index is 407. The molecule has 0 aromatic carbocycles. The fourth-order valence-electron chi connectivity index (χ4n) is 2.01. The van der Waals surface area contributed by atoms with Crippen molar-refractivity contribution in [2.24, 2.45) is 0 Å². The molecule has 0 aliphatic carbocycles. The van der Waals surface area contributed by atoms with Crippen molar-refractivity contribution in [3.63, 3.8) is 0 Å². The molecule has 1 atom stereocenters. The number of ether oxygens (including phenoxy) is 2. The third kappa shape index (κ3) is 3.23. The van der Waals surface area contributed by atoms with E-state index < -0.39 is 5.97 Å². The first-order chi connectivity index (χ1) is 8.70. The number of rotatable bonds is 6. The number of carboxylic acids is 1. The highest BCUT2D eigenvalue weighted by atomic mass is 32.1. The van der Waals surface area contributed by atoms with E-state index in [0.717, 1.165) is 37.2 Å². The molecule has 1 fully saturated rings. The van der Waals surface area contributed by atoms with Crippen LogP contribution in [-0.2, 0) is 11.2 Å². The summed E-state index contributed by atoms with van der Waals surface area (Å²) < 4.78 is 11.1. The number of hydrogen-bond acceptors (Lipinski definition) is 4. The van der Waals surface area contributed by atoms with Crippen LogP contribution in [0.3, 0.4) is 0 Å². The van der Waals surface area contributed by atoms with Crippen molar-refractivity contribution in [3.05, 3.63) is 15.8 Å². The molecule has 0 radical (unpaired) electrons. The Morgan fingerprint density at radius 2 is 2.50 bits per heavy atom. The molecule has 1 aromatic heterocycles. The molecule has 0 bridgehead atoms. The molecule has 4 nitrogen and oxygen atoms in total. The fourth-order valence-corrected chi connectivity index (χ4v) is 3.05. The van der Waals surface area contributed by atoms with Gasteiger partial charge in [-0.25, -0.2) is 4.79 Å². The van der Waals surface area contributed by atoms with Crippen LogP contribution in [0, 0.1) is 0 Å². The maximum absolute atomic E-state index is 11.1. The van der Waals surface area contributed by atoms with E-state index in [1.165, 1.54) is 11.3 Å². The summed E-state index contributed by atoms with van der Waals surface area (Å²) in [5, 5.41) is 9.14. The Morgan fingerprint density at radius 3 is 3.11 bits per heavy atom. The van der Waals surface area contributed by atoms with Gasteiger partial charge in [0.2, 0.25) is 0 Å². The molecule has 1 N–H and O–H groups in total. The van der Waals surface area contributed by atoms with Gasteiger partial charge in [-0.2, -0.15) is 0 Å². The summed E-state index contributed by atoms with van der Waals surface area (Å²) in [6.45, 7) is 3.31. The van der Waals surface area contributed by atoms with Gasteiger partial charge in [-0.05, 0) is 25.3 Å². The van der Waals surface area contributed by atoms with E-state index in [2.05, 4.69) is 6.92 Å². The average Bonchev–Trinajstić information content (AvgIpc) is 2.95. The lowest BCUT2D eigenvalue weighted by Crippen LogP contribution is -2.16. The Labute approximate surface area is 111 Å². The van der Waals surface area contributed by atoms with Crippen LogP contribution in [0.15, 0.2) is 6.07 Å². The molecule has 18 heavy (non-hydrogen) atoms. The van der Waals surface area contributed by atoms with Crippen molar-refractivity contribution in [3.8, 4) is 5.75 Å². The van der Waals surface area contributed by atoms with Gasteiger partial charge in [0, 0.05) is 11.5 Å². The van der Waals surface area contributed by atoms with Crippen LogP contribution >= 0.6 is 11.3 Å². The molecule has 1 aliphatic rings. The van der Waals surface area contributed by atoms with Crippen molar-refractivity contribution in [1.82, 2.24) is 0 Å². The van der Waals surface area contributed by atoms with Gasteiger partial charge in [0.1, 0.15) is 12.4 Å². The molecule has 1 aromatic rings. The normalized spacial score (nSPS) is 19.1. The highest BCUT2D eigenvalue weighted by Gasteiger charge is 2.20. The minimum absolute atomic E-state index is 0.112. The summed E-state index contributed by atoms with van der Waals surface area (Å²) in [5.74, 6) is -0.420. The zero-order valence-electron chi connectivity index (χ0n) is 10.5. The van der Waals surface area contributed by atoms with E-state index in [4.69, 9.17) is 14.6 Å². The first-order valence-corrected chi connectivity index (χ1v) is 7.12. The fraction of sp³-hybridized carbons (Fsp3) is 0.615. The predicted octanol–water partition coefficient (Wildman–Crippen LogP) is 2.96. The molecular weight excluding hydrogens is 252 g/mol. The van der Waals surface area contributed by atoms with Gasteiger partial charge in [-0.3, -0.25) is 0 Å². The van der Waals surface area contributed by atoms with Crippen LogP contribution in [0.5, 0.6) is 5.75 Å². The number of carboxylic acid groups (broad SMARTS) is 1. The highest BCUT2D eigenvalue weighted by molar-refractivity contribution is 7.14. The van der Waals surface area contributed by atoms with Crippen molar-refractivity contribution >= 4 is 17.3 Å². The van der Waals surface area contributed by atoms with Crippen molar-refractivity contribution in [2.45, 2.75) is 38.7 Å². The number of aryl methyl sites for hydroxylation is 1. The third-order valence-electron chi connectivity index (χ3n) is 2.89. The Hall–Kier alpha value is -1.07. The average molecular weight is 270 g/mol. The van der Waals surface area contributed by atoms with Crippen LogP contribution in [0.1, 0.15) is 40.7 Å². The SMILES string of the molecule is CCCc1cc(OCC2CCCO2)c(C(=O)O)s1. The lowest BCUT2D eigenvalue weighted by atomic mass is 10.2. The van der Waals surface area contributed by atoms with Gasteiger partial charge in [-0.1, -0.05) is 13.3 Å². The quantitative estimate of drug-likeness (QED) is 0.863. The molecule has 2 rings (SSSR count). The lowest BCUT2D eigenvalue weighted by molar-refractivity contribution is 0.0635. The summed E-state index contributed by atoms with van der Waals surface area (Å²) >= 11 is 1.31. The summed E-state index contributed by atoms with van der Waals surface area (Å²) in [6.07, 6.45) is 4.07. The van der Waals surface area contributed by atoms with Gasteiger partial charge >= 0.3 is 5.97 Å². The summed E-state index contributed by atoms with van der Waals surface area (Å²) in [6, 6.07) is 1.85. The summed E-state index contributed by atoms with van der Waals surface area (Å²) in [4.78, 5) is 12.5. The minimum Gasteiger partial charge on any atom is -0.489 e. The second-order valence-electron chi connectivity index (χ2n) is 4.41. The Kier molecular flexibility index (Phi) is 4.60. The number of aromatic carboxylic acids is 1. The zero-order valence-corrected chi connectivity index (χ0v) is 11.3. The molecule has 2 heterocycles. The number of carbonyl (C=O) groups is 1. The Morgan fingerprint density at radius 1 is 1.67 bits per heavy atom. The van der Waals surface area contributed by atoms with E-state index in [0.29, 0.717) is 17.2 Å². The van der Waals surface area contributed by atoms with E-state index in [1.54, 1.807) is 0 Å². The molecular formula is C13H18O4S. The molecule has 100 valence electrons. The maximum atomic E-state index is 11.1. The Balaban J connectivity index is 2.02. The molecule has 1 aliphatic heterocycles. The van der Waals surface area contributed by atoms with E-state index in [-0.39, 0.29) is 6.10 Å². The molecule has 0 amide bonds. The van der Waals surface area contributed by atoms with Crippen molar-refractivity contribution in [2.75, 3.05) is 13.2 Å². The van der Waals surface area contributed by atoms with Crippen LogP contribution in [0.25, 0.3) is 0 Å². The van der Waals surface area contributed by atoms with Crippen molar-refractivity contribution in [1.29, 1.82) is 0 Å². The van der Waals surface area contributed by atoms with Gasteiger partial charge in [0.05, 0.1) is 6.10 Å². The predicted molar refractivity (Wildman–Crippen MR) is 69.7 cm³/mol. The molecule has 5 heteroatoms. The second-order valence-corrected chi connectivity index (χ2v) is 5.54. The first kappa shape index (κ1) is 13.4.